The van der Waals surface area contributed by atoms with E-state index in [4.69, 9.17) is 0 Å². The molecule has 2 fully saturated rings. The molecular weight excluding hydrogens is 348 g/mol. The zero-order valence-corrected chi connectivity index (χ0v) is 21.0. The van der Waals surface area contributed by atoms with Crippen LogP contribution in [0.3, 0.4) is 0 Å². The minimum absolute atomic E-state index is 0.251. The van der Waals surface area contributed by atoms with Gasteiger partial charge >= 0.3 is 0 Å². The summed E-state index contributed by atoms with van der Waals surface area (Å²) in [4.78, 5) is 0. The highest BCUT2D eigenvalue weighted by atomic mass is 14.3. The van der Waals surface area contributed by atoms with Gasteiger partial charge in [0.1, 0.15) is 0 Å². The molecule has 1 aromatic rings. The highest BCUT2D eigenvalue weighted by Crippen LogP contribution is 2.38. The monoisotopic (exact) mass is 398 g/mol. The molecule has 1 aromatic carbocycles. The van der Waals surface area contributed by atoms with E-state index in [-0.39, 0.29) is 10.8 Å². The van der Waals surface area contributed by atoms with Gasteiger partial charge in [-0.2, -0.15) is 0 Å². The molecule has 2 saturated carbocycles. The Balaban J connectivity index is 0.000000208. The van der Waals surface area contributed by atoms with Crippen LogP contribution >= 0.6 is 0 Å². The number of benzene rings is 1. The third-order valence-corrected chi connectivity index (χ3v) is 7.35. The van der Waals surface area contributed by atoms with E-state index in [0.717, 1.165) is 23.7 Å². The first kappa shape index (κ1) is 24.5. The molecule has 29 heavy (non-hydrogen) atoms. The Kier molecular flexibility index (Phi) is 8.87. The molecule has 4 atom stereocenters. The van der Waals surface area contributed by atoms with Crippen molar-refractivity contribution in [2.75, 3.05) is 0 Å². The van der Waals surface area contributed by atoms with Gasteiger partial charge in [-0.15, -0.1) is 0 Å². The van der Waals surface area contributed by atoms with Crippen molar-refractivity contribution in [3.05, 3.63) is 35.4 Å². The molecule has 0 bridgehead atoms. The number of rotatable bonds is 2. The van der Waals surface area contributed by atoms with Gasteiger partial charge in [0, 0.05) is 0 Å². The highest BCUT2D eigenvalue weighted by molar-refractivity contribution is 5.32. The Morgan fingerprint density at radius 3 is 1.45 bits per heavy atom. The van der Waals surface area contributed by atoms with Crippen LogP contribution in [0.5, 0.6) is 0 Å². The predicted octanol–water partition coefficient (Wildman–Crippen LogP) is 9.31. The Hall–Kier alpha value is -0.780. The van der Waals surface area contributed by atoms with Gasteiger partial charge in [0.15, 0.2) is 0 Å². The lowest BCUT2D eigenvalue weighted by Crippen LogP contribution is -2.20. The van der Waals surface area contributed by atoms with Gasteiger partial charge in [0.25, 0.3) is 0 Å². The molecule has 2 aliphatic carbocycles. The maximum atomic E-state index is 2.45. The Labute approximate surface area is 183 Å². The second-order valence-electron chi connectivity index (χ2n) is 12.6. The van der Waals surface area contributed by atoms with Crippen molar-refractivity contribution >= 4 is 0 Å². The lowest BCUT2D eigenvalue weighted by Gasteiger charge is -2.33. The van der Waals surface area contributed by atoms with Crippen LogP contribution in [0.4, 0.5) is 0 Å². The normalized spacial score (nSPS) is 28.4. The average Bonchev–Trinajstić information content (AvgIpc) is 2.61. The lowest BCUT2D eigenvalue weighted by atomic mass is 9.73. The summed E-state index contributed by atoms with van der Waals surface area (Å²) in [6, 6.07) is 8.94. The van der Waals surface area contributed by atoms with E-state index in [1.165, 1.54) is 62.5 Å². The quantitative estimate of drug-likeness (QED) is 0.465. The molecule has 0 aliphatic heterocycles. The molecule has 0 nitrogen and oxygen atoms in total. The first-order valence-corrected chi connectivity index (χ1v) is 12.6. The largest absolute Gasteiger partial charge is 0.0625 e. The van der Waals surface area contributed by atoms with Crippen molar-refractivity contribution < 1.29 is 0 Å². The molecule has 0 aromatic heterocycles. The van der Waals surface area contributed by atoms with Crippen LogP contribution in [0.1, 0.15) is 124 Å². The van der Waals surface area contributed by atoms with Crippen molar-refractivity contribution in [1.82, 2.24) is 0 Å². The van der Waals surface area contributed by atoms with Crippen LogP contribution in [0.2, 0.25) is 0 Å². The van der Waals surface area contributed by atoms with E-state index >= 15 is 0 Å². The maximum Gasteiger partial charge on any atom is -0.0132 e. The summed E-state index contributed by atoms with van der Waals surface area (Å²) >= 11 is 0. The van der Waals surface area contributed by atoms with Crippen molar-refractivity contribution in [3.63, 3.8) is 0 Å². The van der Waals surface area contributed by atoms with Crippen LogP contribution in [0, 0.1) is 23.7 Å². The SMILES string of the molecule is CC(C)(C)c1cccc(C(C)(C)C)c1.CC1CCCC(CC2CCCC(C)C2)C1. The standard InChI is InChI=1S/C15H28.C14H22/c1-12-5-3-7-14(9-12)11-15-8-4-6-13(2)10-15;1-13(2,3)11-8-7-9-12(10-11)14(4,5)6/h12-15H,3-11H2,1-2H3;7-10H,1-6H3. The van der Waals surface area contributed by atoms with Gasteiger partial charge in [-0.1, -0.05) is 118 Å². The van der Waals surface area contributed by atoms with Gasteiger partial charge < -0.3 is 0 Å². The molecule has 4 unspecified atom stereocenters. The van der Waals surface area contributed by atoms with E-state index in [1.807, 2.05) is 0 Å². The fourth-order valence-corrected chi connectivity index (χ4v) is 5.47. The summed E-state index contributed by atoms with van der Waals surface area (Å²) in [5.74, 6) is 4.21. The van der Waals surface area contributed by atoms with E-state index in [1.54, 1.807) is 6.42 Å². The first-order valence-electron chi connectivity index (χ1n) is 12.6. The molecule has 3 rings (SSSR count). The molecular formula is C29H50. The average molecular weight is 399 g/mol. The molecule has 2 aliphatic rings. The lowest BCUT2D eigenvalue weighted by molar-refractivity contribution is 0.191. The van der Waals surface area contributed by atoms with Crippen molar-refractivity contribution in [3.8, 4) is 0 Å². The molecule has 166 valence electrons. The molecule has 0 heterocycles. The minimum atomic E-state index is 0.251. The van der Waals surface area contributed by atoms with Crippen LogP contribution < -0.4 is 0 Å². The maximum absolute atomic E-state index is 2.45. The fourth-order valence-electron chi connectivity index (χ4n) is 5.47. The van der Waals surface area contributed by atoms with Crippen molar-refractivity contribution in [2.24, 2.45) is 23.7 Å². The summed E-state index contributed by atoms with van der Waals surface area (Å²) in [6.45, 7) is 18.5. The van der Waals surface area contributed by atoms with Crippen LogP contribution in [0.15, 0.2) is 24.3 Å². The smallest absolute Gasteiger partial charge is 0.0132 e. The fraction of sp³-hybridized carbons (Fsp3) is 0.793. The van der Waals surface area contributed by atoms with Gasteiger partial charge in [-0.05, 0) is 64.9 Å². The Bertz CT molecular complexity index is 548. The predicted molar refractivity (Wildman–Crippen MR) is 131 cm³/mol. The van der Waals surface area contributed by atoms with E-state index in [2.05, 4.69) is 79.7 Å². The third kappa shape index (κ3) is 8.47. The zero-order valence-electron chi connectivity index (χ0n) is 21.0. The molecule has 0 radical (unpaired) electrons. The second-order valence-corrected chi connectivity index (χ2v) is 12.6. The highest BCUT2D eigenvalue weighted by Gasteiger charge is 2.25. The molecule has 0 saturated heterocycles. The van der Waals surface area contributed by atoms with Crippen molar-refractivity contribution in [2.45, 2.75) is 124 Å². The Morgan fingerprint density at radius 2 is 1.10 bits per heavy atom. The number of hydrogen-bond acceptors (Lipinski definition) is 0. The van der Waals surface area contributed by atoms with Gasteiger partial charge in [0.2, 0.25) is 0 Å². The topological polar surface area (TPSA) is 0 Å². The van der Waals surface area contributed by atoms with E-state index in [0.29, 0.717) is 0 Å². The molecule has 0 N–H and O–H groups in total. The van der Waals surface area contributed by atoms with Gasteiger partial charge in [-0.3, -0.25) is 0 Å². The zero-order chi connectivity index (χ0) is 21.7. The minimum Gasteiger partial charge on any atom is -0.0625 e. The second kappa shape index (κ2) is 10.5. The molecule has 0 spiro atoms. The van der Waals surface area contributed by atoms with E-state index < -0.39 is 0 Å². The summed E-state index contributed by atoms with van der Waals surface area (Å²) in [5, 5.41) is 0. The van der Waals surface area contributed by atoms with Gasteiger partial charge in [-0.25, -0.2) is 0 Å². The summed E-state index contributed by atoms with van der Waals surface area (Å²) < 4.78 is 0. The summed E-state index contributed by atoms with van der Waals surface area (Å²) in [6.07, 6.45) is 13.7. The van der Waals surface area contributed by atoms with Gasteiger partial charge in [0.05, 0.1) is 0 Å². The third-order valence-electron chi connectivity index (χ3n) is 7.35. The van der Waals surface area contributed by atoms with E-state index in [9.17, 15) is 0 Å². The van der Waals surface area contributed by atoms with Crippen molar-refractivity contribution in [1.29, 1.82) is 0 Å². The first-order chi connectivity index (χ1) is 13.4. The molecule has 0 amide bonds. The van der Waals surface area contributed by atoms with Crippen LogP contribution in [-0.4, -0.2) is 0 Å². The van der Waals surface area contributed by atoms with Crippen LogP contribution in [0.25, 0.3) is 0 Å². The summed E-state index contributed by atoms with van der Waals surface area (Å²) in [5.41, 5.74) is 3.34. The summed E-state index contributed by atoms with van der Waals surface area (Å²) in [7, 11) is 0. The number of hydrogen-bond donors (Lipinski definition) is 0. The van der Waals surface area contributed by atoms with Crippen LogP contribution in [-0.2, 0) is 10.8 Å². The molecule has 0 heteroatoms. The Morgan fingerprint density at radius 1 is 0.690 bits per heavy atom.